The molecule has 0 bridgehead atoms. The Kier molecular flexibility index (Phi) is 7.31. The molecule has 7 fully saturated rings. The van der Waals surface area contributed by atoms with Gasteiger partial charge in [-0.1, -0.05) is 83.5 Å². The molecule has 0 saturated heterocycles. The summed E-state index contributed by atoms with van der Waals surface area (Å²) in [4.78, 5) is 0. The summed E-state index contributed by atoms with van der Waals surface area (Å²) in [5.74, 6) is 13.7. The lowest BCUT2D eigenvalue weighted by Gasteiger charge is -2.59. The van der Waals surface area contributed by atoms with Gasteiger partial charge in [0, 0.05) is 0 Å². The number of fused-ring (bicyclic) bond motifs is 3. The second-order valence-corrected chi connectivity index (χ2v) is 15.4. The third-order valence-electron chi connectivity index (χ3n) is 14.3. The first-order valence-electron chi connectivity index (χ1n) is 17.4. The van der Waals surface area contributed by atoms with Gasteiger partial charge in [0.1, 0.15) is 0 Å². The van der Waals surface area contributed by atoms with Crippen LogP contribution in [-0.2, 0) is 0 Å². The second-order valence-electron chi connectivity index (χ2n) is 15.4. The Morgan fingerprint density at radius 2 is 0.571 bits per heavy atom. The molecule has 0 aromatic carbocycles. The van der Waals surface area contributed by atoms with Crippen LogP contribution in [0.15, 0.2) is 0 Å². The number of hydrogen-bond donors (Lipinski definition) is 0. The molecule has 7 aliphatic carbocycles. The third-order valence-corrected chi connectivity index (χ3v) is 14.3. The molecule has 0 N–H and O–H groups in total. The molecule has 0 radical (unpaired) electrons. The molecule has 0 heteroatoms. The summed E-state index contributed by atoms with van der Waals surface area (Å²) in [6.45, 7) is 0. The maximum Gasteiger partial charge on any atom is -0.0321 e. The highest BCUT2D eigenvalue weighted by atomic mass is 14.6. The monoisotopic (exact) mass is 478 g/mol. The molecule has 0 aromatic rings. The van der Waals surface area contributed by atoms with Crippen LogP contribution in [0.3, 0.4) is 0 Å². The minimum atomic E-state index is 1.12. The van der Waals surface area contributed by atoms with Crippen molar-refractivity contribution >= 4 is 0 Å². The van der Waals surface area contributed by atoms with Gasteiger partial charge in [0.25, 0.3) is 0 Å². The molecule has 7 aliphatic rings. The minimum Gasteiger partial charge on any atom is -0.0533 e. The van der Waals surface area contributed by atoms with Crippen LogP contribution < -0.4 is 0 Å². The topological polar surface area (TPSA) is 0 Å². The van der Waals surface area contributed by atoms with Gasteiger partial charge in [0.15, 0.2) is 0 Å². The van der Waals surface area contributed by atoms with Gasteiger partial charge in [-0.05, 0) is 135 Å². The zero-order valence-electron chi connectivity index (χ0n) is 23.2. The van der Waals surface area contributed by atoms with Crippen molar-refractivity contribution in [2.24, 2.45) is 71.0 Å². The van der Waals surface area contributed by atoms with E-state index in [2.05, 4.69) is 0 Å². The van der Waals surface area contributed by atoms with E-state index in [-0.39, 0.29) is 0 Å². The van der Waals surface area contributed by atoms with Gasteiger partial charge < -0.3 is 0 Å². The van der Waals surface area contributed by atoms with Crippen LogP contribution in [0.5, 0.6) is 0 Å². The maximum absolute atomic E-state index is 1.64. The second kappa shape index (κ2) is 10.6. The van der Waals surface area contributed by atoms with Gasteiger partial charge in [-0.3, -0.25) is 0 Å². The summed E-state index contributed by atoms with van der Waals surface area (Å²) in [5, 5.41) is 0. The quantitative estimate of drug-likeness (QED) is 0.378. The summed E-state index contributed by atoms with van der Waals surface area (Å²) >= 11 is 0. The van der Waals surface area contributed by atoms with Crippen molar-refractivity contribution in [1.82, 2.24) is 0 Å². The lowest BCUT2D eigenvalue weighted by molar-refractivity contribution is -0.107. The van der Waals surface area contributed by atoms with Crippen LogP contribution in [0.1, 0.15) is 148 Å². The zero-order valence-corrected chi connectivity index (χ0v) is 23.2. The fraction of sp³-hybridized carbons (Fsp3) is 1.00. The van der Waals surface area contributed by atoms with E-state index in [0.29, 0.717) is 0 Å². The van der Waals surface area contributed by atoms with E-state index >= 15 is 0 Å². The Bertz CT molecular complexity index is 678. The summed E-state index contributed by atoms with van der Waals surface area (Å²) in [7, 11) is 0. The molecule has 35 heavy (non-hydrogen) atoms. The van der Waals surface area contributed by atoms with E-state index in [1.165, 1.54) is 6.42 Å². The molecular formula is C35H58. The Morgan fingerprint density at radius 3 is 1.26 bits per heavy atom. The van der Waals surface area contributed by atoms with E-state index in [1.54, 1.807) is 141 Å². The van der Waals surface area contributed by atoms with Gasteiger partial charge in [0.05, 0.1) is 0 Å². The number of rotatable bonds is 3. The molecule has 7 rings (SSSR count). The summed E-state index contributed by atoms with van der Waals surface area (Å²) < 4.78 is 0. The average Bonchev–Trinajstić information content (AvgIpc) is 3.41. The predicted molar refractivity (Wildman–Crippen MR) is 148 cm³/mol. The highest BCUT2D eigenvalue weighted by molar-refractivity contribution is 5.06. The normalized spacial score (nSPS) is 51.3. The molecule has 0 aromatic heterocycles. The first-order valence-corrected chi connectivity index (χ1v) is 17.4. The molecule has 0 amide bonds. The fourth-order valence-corrected chi connectivity index (χ4v) is 13.2. The van der Waals surface area contributed by atoms with Crippen molar-refractivity contribution < 1.29 is 0 Å². The van der Waals surface area contributed by atoms with Crippen molar-refractivity contribution in [3.05, 3.63) is 0 Å². The Labute approximate surface area is 218 Å². The number of hydrogen-bond acceptors (Lipinski definition) is 0. The van der Waals surface area contributed by atoms with Crippen LogP contribution in [0.25, 0.3) is 0 Å². The van der Waals surface area contributed by atoms with Crippen LogP contribution >= 0.6 is 0 Å². The largest absolute Gasteiger partial charge is 0.0533 e. The molecule has 7 saturated carbocycles. The van der Waals surface area contributed by atoms with Crippen LogP contribution in [0.4, 0.5) is 0 Å². The molecule has 9 atom stereocenters. The summed E-state index contributed by atoms with van der Waals surface area (Å²) in [5.41, 5.74) is 0. The molecule has 0 heterocycles. The van der Waals surface area contributed by atoms with E-state index in [4.69, 9.17) is 0 Å². The van der Waals surface area contributed by atoms with Crippen LogP contribution in [-0.4, -0.2) is 0 Å². The van der Waals surface area contributed by atoms with Gasteiger partial charge >= 0.3 is 0 Å². The first-order chi connectivity index (χ1) is 17.4. The van der Waals surface area contributed by atoms with E-state index < -0.39 is 0 Å². The Balaban J connectivity index is 1.11. The minimum absolute atomic E-state index is 1.12. The van der Waals surface area contributed by atoms with Crippen molar-refractivity contribution in [1.29, 1.82) is 0 Å². The Morgan fingerprint density at radius 1 is 0.200 bits per heavy atom. The summed E-state index contributed by atoms with van der Waals surface area (Å²) in [6, 6.07) is 0. The highest BCUT2D eigenvalue weighted by Crippen LogP contribution is 2.64. The molecule has 0 aliphatic heterocycles. The standard InChI is InChI=1S/C35H58/c1-2-10-24(11-3-1)25-20-22-27(23-21-25)34-30-15-6-7-16-32(30)35(33-19-9-18-31(33)34)29-17-8-13-26-12-4-5-14-28(26)29/h24-35H,1-23H2. The maximum atomic E-state index is 1.64. The lowest BCUT2D eigenvalue weighted by atomic mass is 9.46. The van der Waals surface area contributed by atoms with Crippen molar-refractivity contribution in [2.45, 2.75) is 148 Å². The predicted octanol–water partition coefficient (Wildman–Crippen LogP) is 10.4. The van der Waals surface area contributed by atoms with Gasteiger partial charge in [-0.2, -0.15) is 0 Å². The molecule has 198 valence electrons. The van der Waals surface area contributed by atoms with E-state index in [1.807, 2.05) is 0 Å². The highest BCUT2D eigenvalue weighted by Gasteiger charge is 2.57. The van der Waals surface area contributed by atoms with Crippen LogP contribution in [0.2, 0.25) is 0 Å². The summed E-state index contributed by atoms with van der Waals surface area (Å²) in [6.07, 6.45) is 36.8. The third kappa shape index (κ3) is 4.50. The lowest BCUT2D eigenvalue weighted by Crippen LogP contribution is -2.53. The molecule has 0 nitrogen and oxygen atoms in total. The fourth-order valence-electron chi connectivity index (χ4n) is 13.2. The molecular weight excluding hydrogens is 420 g/mol. The molecule has 0 spiro atoms. The van der Waals surface area contributed by atoms with E-state index in [0.717, 1.165) is 71.0 Å². The zero-order chi connectivity index (χ0) is 23.2. The van der Waals surface area contributed by atoms with Crippen molar-refractivity contribution in [2.75, 3.05) is 0 Å². The molecule has 9 unspecified atom stereocenters. The smallest absolute Gasteiger partial charge is 0.0321 e. The average molecular weight is 479 g/mol. The Hall–Kier alpha value is 0. The van der Waals surface area contributed by atoms with Gasteiger partial charge in [-0.25, -0.2) is 0 Å². The van der Waals surface area contributed by atoms with Crippen molar-refractivity contribution in [3.63, 3.8) is 0 Å². The SMILES string of the molecule is C1CCC(C2CCC(C3C4CCCCC4C(C4CCCC5CCCCC54)C4CCCC43)CC2)CC1. The van der Waals surface area contributed by atoms with Gasteiger partial charge in [0.2, 0.25) is 0 Å². The van der Waals surface area contributed by atoms with E-state index in [9.17, 15) is 0 Å². The van der Waals surface area contributed by atoms with Crippen LogP contribution in [0, 0.1) is 71.0 Å². The van der Waals surface area contributed by atoms with Gasteiger partial charge in [-0.15, -0.1) is 0 Å². The first kappa shape index (κ1) is 24.1. The van der Waals surface area contributed by atoms with Crippen molar-refractivity contribution in [3.8, 4) is 0 Å².